The number of thioether (sulfide) groups is 2. The second-order valence-corrected chi connectivity index (χ2v) is 9.75. The van der Waals surface area contributed by atoms with E-state index in [1.54, 1.807) is 35.7 Å². The first-order valence-corrected chi connectivity index (χ1v) is 12.1. The number of carbonyl (C=O) groups excluding carboxylic acids is 2. The Balaban J connectivity index is 1.53. The molecule has 2 aliphatic rings. The number of anilines is 1. The maximum absolute atomic E-state index is 13.6. The third-order valence-electron chi connectivity index (χ3n) is 5.48. The summed E-state index contributed by atoms with van der Waals surface area (Å²) >= 11 is 3.01. The van der Waals surface area contributed by atoms with Crippen LogP contribution in [0.5, 0.6) is 0 Å². The molecule has 0 aliphatic carbocycles. The third-order valence-corrected chi connectivity index (χ3v) is 7.91. The van der Waals surface area contributed by atoms with Crippen LogP contribution in [0.15, 0.2) is 98.7 Å². The third kappa shape index (κ3) is 4.21. The predicted octanol–water partition coefficient (Wildman–Crippen LogP) is 6.06. The zero-order valence-electron chi connectivity index (χ0n) is 18.2. The highest BCUT2D eigenvalue weighted by Crippen LogP contribution is 2.50. The fraction of sp³-hybridized carbons (Fsp3) is 0.115. The van der Waals surface area contributed by atoms with Gasteiger partial charge in [-0.2, -0.15) is 0 Å². The molecule has 0 aromatic heterocycles. The summed E-state index contributed by atoms with van der Waals surface area (Å²) in [6.45, 7) is 1.98. The van der Waals surface area contributed by atoms with Crippen LogP contribution in [0, 0.1) is 0 Å². The molecule has 0 bridgehead atoms. The van der Waals surface area contributed by atoms with E-state index >= 15 is 0 Å². The molecule has 5 rings (SSSR count). The minimum atomic E-state index is -0.0508. The smallest absolute Gasteiger partial charge is 0.269 e. The van der Waals surface area contributed by atoms with Crippen molar-refractivity contribution in [3.63, 3.8) is 0 Å². The number of nitrogens with zero attached hydrogens (tertiary/aromatic N) is 3. The lowest BCUT2D eigenvalue weighted by molar-refractivity contribution is -0.122. The fourth-order valence-electron chi connectivity index (χ4n) is 3.71. The first kappa shape index (κ1) is 21.6. The fourth-order valence-corrected chi connectivity index (χ4v) is 6.05. The van der Waals surface area contributed by atoms with Crippen molar-refractivity contribution in [1.82, 2.24) is 4.90 Å². The Morgan fingerprint density at radius 2 is 1.61 bits per heavy atom. The van der Waals surface area contributed by atoms with Crippen LogP contribution < -0.4 is 4.90 Å². The molecule has 0 saturated carbocycles. The number of aliphatic imine (C=N–C) groups is 1. The topological polar surface area (TPSA) is 53.0 Å². The molecular formula is C26H21N3O2S2. The Morgan fingerprint density at radius 3 is 2.30 bits per heavy atom. The summed E-state index contributed by atoms with van der Waals surface area (Å²) < 4.78 is 0. The summed E-state index contributed by atoms with van der Waals surface area (Å²) in [5.41, 5.74) is 3.47. The van der Waals surface area contributed by atoms with Crippen molar-refractivity contribution in [2.75, 3.05) is 11.9 Å². The van der Waals surface area contributed by atoms with Gasteiger partial charge in [0.15, 0.2) is 11.0 Å². The van der Waals surface area contributed by atoms with E-state index in [9.17, 15) is 9.59 Å². The maximum atomic E-state index is 13.6. The average molecular weight is 472 g/mol. The molecular weight excluding hydrogens is 450 g/mol. The van der Waals surface area contributed by atoms with Crippen LogP contribution >= 0.6 is 23.5 Å². The van der Waals surface area contributed by atoms with Gasteiger partial charge in [-0.1, -0.05) is 54.2 Å². The second-order valence-electron chi connectivity index (χ2n) is 7.74. The van der Waals surface area contributed by atoms with Gasteiger partial charge in [0, 0.05) is 17.5 Å². The van der Waals surface area contributed by atoms with E-state index in [0.717, 1.165) is 21.2 Å². The van der Waals surface area contributed by atoms with Crippen LogP contribution in [0.25, 0.3) is 0 Å². The number of fused-ring (bicyclic) bond motifs is 1. The Bertz CT molecular complexity index is 1300. The van der Waals surface area contributed by atoms with Gasteiger partial charge in [0.25, 0.3) is 5.91 Å². The highest BCUT2D eigenvalue weighted by atomic mass is 32.2. The molecule has 0 N–H and O–H groups in total. The Morgan fingerprint density at radius 1 is 0.909 bits per heavy atom. The molecule has 2 aliphatic heterocycles. The highest BCUT2D eigenvalue weighted by molar-refractivity contribution is 8.19. The number of amides is 1. The lowest BCUT2D eigenvalue weighted by Gasteiger charge is -2.17. The van der Waals surface area contributed by atoms with Crippen LogP contribution in [0.4, 0.5) is 11.4 Å². The SMILES string of the molecule is CC(=O)c1ccc(/N=C2/S/C(=C3\Sc4ccccc4N3C)C(=O)N2Cc2ccccc2)cc1. The molecule has 0 radical (unpaired) electrons. The van der Waals surface area contributed by atoms with Crippen LogP contribution in [-0.4, -0.2) is 28.8 Å². The lowest BCUT2D eigenvalue weighted by atomic mass is 10.1. The molecule has 1 amide bonds. The van der Waals surface area contributed by atoms with Crippen LogP contribution in [0.1, 0.15) is 22.8 Å². The number of carbonyl (C=O) groups is 2. The molecule has 3 aromatic rings. The number of benzene rings is 3. The van der Waals surface area contributed by atoms with Crippen molar-refractivity contribution in [2.24, 2.45) is 4.99 Å². The van der Waals surface area contributed by atoms with Crippen molar-refractivity contribution < 1.29 is 9.59 Å². The summed E-state index contributed by atoms with van der Waals surface area (Å²) in [4.78, 5) is 35.6. The quantitative estimate of drug-likeness (QED) is 0.342. The highest BCUT2D eigenvalue weighted by Gasteiger charge is 2.39. The minimum Gasteiger partial charge on any atom is -0.337 e. The van der Waals surface area contributed by atoms with Crippen molar-refractivity contribution >= 4 is 51.8 Å². The summed E-state index contributed by atoms with van der Waals surface area (Å²) in [5.74, 6) is -0.0386. The zero-order valence-corrected chi connectivity index (χ0v) is 19.8. The Kier molecular flexibility index (Phi) is 5.83. The first-order chi connectivity index (χ1) is 16.0. The van der Waals surface area contributed by atoms with Crippen LogP contribution in [-0.2, 0) is 11.3 Å². The first-order valence-electron chi connectivity index (χ1n) is 10.5. The number of hydrogen-bond donors (Lipinski definition) is 0. The molecule has 164 valence electrons. The molecule has 5 nitrogen and oxygen atoms in total. The van der Waals surface area contributed by atoms with Gasteiger partial charge in [-0.3, -0.25) is 14.5 Å². The van der Waals surface area contributed by atoms with Crippen molar-refractivity contribution in [3.8, 4) is 0 Å². The molecule has 1 saturated heterocycles. The molecule has 33 heavy (non-hydrogen) atoms. The van der Waals surface area contributed by atoms with E-state index in [1.165, 1.54) is 11.8 Å². The van der Waals surface area contributed by atoms with E-state index in [-0.39, 0.29) is 11.7 Å². The van der Waals surface area contributed by atoms with Crippen LogP contribution in [0.3, 0.4) is 0 Å². The van der Waals surface area contributed by atoms with Crippen LogP contribution in [0.2, 0.25) is 0 Å². The summed E-state index contributed by atoms with van der Waals surface area (Å²) in [5, 5.41) is 1.55. The van der Waals surface area contributed by atoms with Crippen molar-refractivity contribution in [2.45, 2.75) is 18.4 Å². The molecule has 7 heteroatoms. The van der Waals surface area contributed by atoms with Gasteiger partial charge in [0.05, 0.1) is 22.9 Å². The summed E-state index contributed by atoms with van der Waals surface area (Å²) in [6.07, 6.45) is 0. The van der Waals surface area contributed by atoms with Gasteiger partial charge in [0.1, 0.15) is 4.91 Å². The summed E-state index contributed by atoms with van der Waals surface area (Å²) in [6, 6.07) is 25.2. The van der Waals surface area contributed by atoms with E-state index < -0.39 is 0 Å². The lowest BCUT2D eigenvalue weighted by Crippen LogP contribution is -2.29. The van der Waals surface area contributed by atoms with Gasteiger partial charge >= 0.3 is 0 Å². The van der Waals surface area contributed by atoms with Crippen molar-refractivity contribution in [3.05, 3.63) is 99.9 Å². The molecule has 0 unspecified atom stereocenters. The van der Waals surface area contributed by atoms with E-state index in [0.29, 0.717) is 27.9 Å². The number of amidine groups is 1. The van der Waals surface area contributed by atoms with E-state index in [2.05, 4.69) is 17.0 Å². The van der Waals surface area contributed by atoms with Gasteiger partial charge in [-0.15, -0.1) is 0 Å². The second kappa shape index (κ2) is 8.92. The van der Waals surface area contributed by atoms with Crippen molar-refractivity contribution in [1.29, 1.82) is 0 Å². The number of para-hydroxylation sites is 1. The molecule has 1 fully saturated rings. The number of ketones is 1. The maximum Gasteiger partial charge on any atom is 0.269 e. The molecule has 0 spiro atoms. The zero-order chi connectivity index (χ0) is 22.9. The van der Waals surface area contributed by atoms with Gasteiger partial charge < -0.3 is 4.90 Å². The molecule has 2 heterocycles. The number of Topliss-reactive ketones (excluding diaryl/α,β-unsaturated/α-hetero) is 1. The Labute approximate surface area is 201 Å². The largest absolute Gasteiger partial charge is 0.337 e. The molecule has 0 atom stereocenters. The van der Waals surface area contributed by atoms with E-state index in [1.807, 2.05) is 61.6 Å². The minimum absolute atomic E-state index is 0.0122. The van der Waals surface area contributed by atoms with Gasteiger partial charge in [-0.25, -0.2) is 4.99 Å². The predicted molar refractivity (Wildman–Crippen MR) is 136 cm³/mol. The normalized spacial score (nSPS) is 18.8. The average Bonchev–Trinajstić information content (AvgIpc) is 3.32. The van der Waals surface area contributed by atoms with Gasteiger partial charge in [-0.05, 0) is 60.6 Å². The van der Waals surface area contributed by atoms with E-state index in [4.69, 9.17) is 4.99 Å². The number of hydrogen-bond acceptors (Lipinski definition) is 6. The molecule has 3 aromatic carbocycles. The Hall–Kier alpha value is -3.29. The standard InChI is InChI=1S/C26H21N3O2S2/c1-17(30)19-12-14-20(15-13-19)27-26-29(16-18-8-4-3-5-9-18)24(31)23(33-26)25-28(2)21-10-6-7-11-22(21)32-25/h3-15H,16H2,1-2H3/b25-23-,27-26+. The monoisotopic (exact) mass is 471 g/mol. The number of rotatable bonds is 4. The summed E-state index contributed by atoms with van der Waals surface area (Å²) in [7, 11) is 1.99. The van der Waals surface area contributed by atoms with Gasteiger partial charge in [0.2, 0.25) is 0 Å².